The highest BCUT2D eigenvalue weighted by Crippen LogP contribution is 2.40. The van der Waals surface area contributed by atoms with Crippen molar-refractivity contribution in [2.75, 3.05) is 43.1 Å². The standard InChI is InChI=1S/C24H25FN4O3.C7H12FN/c1-14-17(25)8-7-15-11-16(30)12-19(20(14)15)29-13-18-21(23(29)31)22(27-24(26-18)32-2)28-9-5-3-4-6-10-28;8-6-4-7-2-1-3-9(7)5-6/h7-8,11-12,30H,3-6,9-10,13H2,1-2H3;6-7H,1-5H2. The second-order valence-electron chi connectivity index (χ2n) is 11.5. The summed E-state index contributed by atoms with van der Waals surface area (Å²) in [4.78, 5) is 28.7. The van der Waals surface area contributed by atoms with Gasteiger partial charge >= 0.3 is 6.01 Å². The molecular weight excluding hydrogens is 528 g/mol. The molecule has 1 amide bonds. The van der Waals surface area contributed by atoms with Crippen LogP contribution in [-0.2, 0) is 6.54 Å². The SMILES string of the molecule is COc1nc2c(c(N3CCCCCC3)n1)C(=O)N(c1cc(O)cc3ccc(F)c(C)c13)C2.FC1CC2CCCN2C1. The van der Waals surface area contributed by atoms with Crippen LogP contribution in [-0.4, -0.2) is 71.4 Å². The Balaban J connectivity index is 0.000000283. The third-order valence-electron chi connectivity index (χ3n) is 8.82. The van der Waals surface area contributed by atoms with Gasteiger partial charge in [0, 0.05) is 37.1 Å². The minimum atomic E-state index is -0.518. The number of nitrogens with zero attached hydrogens (tertiary/aromatic N) is 5. The van der Waals surface area contributed by atoms with Gasteiger partial charge in [-0.3, -0.25) is 9.69 Å². The smallest absolute Gasteiger partial charge is 0.318 e. The molecule has 0 aliphatic carbocycles. The zero-order valence-electron chi connectivity index (χ0n) is 23.7. The minimum Gasteiger partial charge on any atom is -0.508 e. The number of benzene rings is 2. The van der Waals surface area contributed by atoms with Crippen molar-refractivity contribution in [2.45, 2.75) is 70.6 Å². The number of ether oxygens (including phenoxy) is 1. The largest absolute Gasteiger partial charge is 0.508 e. The van der Waals surface area contributed by atoms with E-state index < -0.39 is 6.17 Å². The number of carbonyl (C=O) groups is 1. The van der Waals surface area contributed by atoms with Crippen molar-refractivity contribution in [3.8, 4) is 11.8 Å². The first-order valence-electron chi connectivity index (χ1n) is 14.7. The zero-order chi connectivity index (χ0) is 28.7. The molecule has 2 unspecified atom stereocenters. The van der Waals surface area contributed by atoms with E-state index in [0.717, 1.165) is 51.7 Å². The molecule has 3 saturated heterocycles. The van der Waals surface area contributed by atoms with Gasteiger partial charge < -0.3 is 19.6 Å². The van der Waals surface area contributed by atoms with Crippen molar-refractivity contribution in [3.05, 3.63) is 46.9 Å². The Morgan fingerprint density at radius 2 is 1.83 bits per heavy atom. The molecule has 0 spiro atoms. The third-order valence-corrected chi connectivity index (χ3v) is 8.82. The number of phenols is 1. The van der Waals surface area contributed by atoms with Gasteiger partial charge in [0.15, 0.2) is 0 Å². The van der Waals surface area contributed by atoms with Crippen LogP contribution in [0, 0.1) is 12.7 Å². The molecule has 0 bridgehead atoms. The van der Waals surface area contributed by atoms with E-state index in [-0.39, 0.29) is 30.0 Å². The number of methoxy groups -OCH3 is 1. The molecule has 0 radical (unpaired) electrons. The van der Waals surface area contributed by atoms with Crippen LogP contribution in [0.25, 0.3) is 10.8 Å². The van der Waals surface area contributed by atoms with Gasteiger partial charge in [-0.1, -0.05) is 18.9 Å². The monoisotopic (exact) mass is 565 g/mol. The Labute approximate surface area is 238 Å². The Morgan fingerprint density at radius 3 is 2.56 bits per heavy atom. The Kier molecular flexibility index (Phi) is 7.68. The van der Waals surface area contributed by atoms with Crippen LogP contribution in [0.5, 0.6) is 11.8 Å². The number of alkyl halides is 1. The van der Waals surface area contributed by atoms with Gasteiger partial charge in [0.1, 0.15) is 29.1 Å². The summed E-state index contributed by atoms with van der Waals surface area (Å²) in [6.45, 7) is 5.37. The molecule has 4 aliphatic rings. The molecule has 0 saturated carbocycles. The first-order chi connectivity index (χ1) is 19.8. The van der Waals surface area contributed by atoms with Gasteiger partial charge in [-0.25, -0.2) is 8.78 Å². The number of fused-ring (bicyclic) bond motifs is 3. The predicted octanol–water partition coefficient (Wildman–Crippen LogP) is 5.52. The quantitative estimate of drug-likeness (QED) is 0.448. The molecule has 3 aromatic rings. The number of aromatic nitrogens is 2. The van der Waals surface area contributed by atoms with E-state index in [0.29, 0.717) is 51.7 Å². The lowest BCUT2D eigenvalue weighted by molar-refractivity contribution is 0.0997. The summed E-state index contributed by atoms with van der Waals surface area (Å²) in [7, 11) is 1.51. The van der Waals surface area contributed by atoms with Crippen molar-refractivity contribution in [1.82, 2.24) is 14.9 Å². The lowest BCUT2D eigenvalue weighted by Crippen LogP contribution is -2.29. The van der Waals surface area contributed by atoms with Crippen LogP contribution >= 0.6 is 0 Å². The molecule has 2 aromatic carbocycles. The molecule has 5 heterocycles. The fourth-order valence-electron chi connectivity index (χ4n) is 6.78. The van der Waals surface area contributed by atoms with Gasteiger partial charge in [0.2, 0.25) is 0 Å². The summed E-state index contributed by atoms with van der Waals surface area (Å²) >= 11 is 0. The number of phenolic OH excluding ortho intramolecular Hbond substituents is 1. The van der Waals surface area contributed by atoms with Gasteiger partial charge in [0.05, 0.1) is 25.0 Å². The molecule has 41 heavy (non-hydrogen) atoms. The van der Waals surface area contributed by atoms with E-state index >= 15 is 0 Å². The fourth-order valence-corrected chi connectivity index (χ4v) is 6.78. The zero-order valence-corrected chi connectivity index (χ0v) is 23.7. The topological polar surface area (TPSA) is 82.0 Å². The maximum Gasteiger partial charge on any atom is 0.318 e. The number of carbonyl (C=O) groups excluding carboxylic acids is 1. The van der Waals surface area contributed by atoms with Crippen molar-refractivity contribution in [1.29, 1.82) is 0 Å². The normalized spacial score (nSPS) is 22.4. The van der Waals surface area contributed by atoms with Crippen molar-refractivity contribution < 1.29 is 23.4 Å². The summed E-state index contributed by atoms with van der Waals surface area (Å²) < 4.78 is 32.3. The molecule has 4 aliphatic heterocycles. The van der Waals surface area contributed by atoms with Crippen LogP contribution in [0.15, 0.2) is 24.3 Å². The van der Waals surface area contributed by atoms with Crippen LogP contribution < -0.4 is 14.5 Å². The molecule has 3 fully saturated rings. The van der Waals surface area contributed by atoms with Gasteiger partial charge in [-0.05, 0) is 68.7 Å². The molecule has 1 N–H and O–H groups in total. The lowest BCUT2D eigenvalue weighted by atomic mass is 10.0. The van der Waals surface area contributed by atoms with E-state index in [2.05, 4.69) is 19.8 Å². The summed E-state index contributed by atoms with van der Waals surface area (Å²) in [6.07, 6.45) is 7.19. The van der Waals surface area contributed by atoms with Crippen LogP contribution in [0.1, 0.15) is 66.6 Å². The highest BCUT2D eigenvalue weighted by molar-refractivity contribution is 6.16. The molecular formula is C31H37F2N5O3. The summed E-state index contributed by atoms with van der Waals surface area (Å²) in [5, 5.41) is 11.6. The summed E-state index contributed by atoms with van der Waals surface area (Å²) in [6, 6.07) is 6.90. The maximum absolute atomic E-state index is 14.4. The van der Waals surface area contributed by atoms with Crippen molar-refractivity contribution >= 4 is 28.2 Å². The second-order valence-corrected chi connectivity index (χ2v) is 11.5. The first-order valence-corrected chi connectivity index (χ1v) is 14.7. The Morgan fingerprint density at radius 1 is 1.05 bits per heavy atom. The average Bonchev–Trinajstić information content (AvgIpc) is 3.55. The number of aromatic hydroxyl groups is 1. The highest BCUT2D eigenvalue weighted by atomic mass is 19.1. The maximum atomic E-state index is 14.4. The van der Waals surface area contributed by atoms with Crippen LogP contribution in [0.3, 0.4) is 0 Å². The average molecular weight is 566 g/mol. The van der Waals surface area contributed by atoms with E-state index in [9.17, 15) is 18.7 Å². The van der Waals surface area contributed by atoms with E-state index in [1.807, 2.05) is 0 Å². The number of anilines is 2. The van der Waals surface area contributed by atoms with Crippen LogP contribution in [0.4, 0.5) is 20.3 Å². The molecule has 2 atom stereocenters. The highest BCUT2D eigenvalue weighted by Gasteiger charge is 2.37. The molecule has 8 nitrogen and oxygen atoms in total. The third kappa shape index (κ3) is 5.29. The first kappa shape index (κ1) is 27.6. The van der Waals surface area contributed by atoms with Gasteiger partial charge in [0.25, 0.3) is 5.91 Å². The number of amides is 1. The van der Waals surface area contributed by atoms with E-state index in [1.54, 1.807) is 24.0 Å². The van der Waals surface area contributed by atoms with Crippen molar-refractivity contribution in [3.63, 3.8) is 0 Å². The molecule has 218 valence electrons. The van der Waals surface area contributed by atoms with E-state index in [1.165, 1.54) is 32.1 Å². The number of halogens is 2. The van der Waals surface area contributed by atoms with Gasteiger partial charge in [-0.2, -0.15) is 9.97 Å². The van der Waals surface area contributed by atoms with E-state index in [4.69, 9.17) is 4.74 Å². The van der Waals surface area contributed by atoms with Gasteiger partial charge in [-0.15, -0.1) is 0 Å². The lowest BCUT2D eigenvalue weighted by Gasteiger charge is -2.24. The number of hydrogen-bond acceptors (Lipinski definition) is 7. The molecule has 10 heteroatoms. The summed E-state index contributed by atoms with van der Waals surface area (Å²) in [5.74, 6) is -0.00920. The minimum absolute atomic E-state index is 0.0127. The van der Waals surface area contributed by atoms with Crippen LogP contribution in [0.2, 0.25) is 0 Å². The summed E-state index contributed by atoms with van der Waals surface area (Å²) in [5.41, 5.74) is 1.92. The molecule has 1 aromatic heterocycles. The number of rotatable bonds is 3. The van der Waals surface area contributed by atoms with Crippen molar-refractivity contribution in [2.24, 2.45) is 0 Å². The number of hydrogen-bond donors (Lipinski definition) is 1. The molecule has 7 rings (SSSR count). The predicted molar refractivity (Wildman–Crippen MR) is 154 cm³/mol. The number of aryl methyl sites for hydroxylation is 1. The Hall–Kier alpha value is -3.53. The second kappa shape index (κ2) is 11.4. The fraction of sp³-hybridized carbons (Fsp3) is 0.516. The Bertz CT molecular complexity index is 1450.